The highest BCUT2D eigenvalue weighted by Crippen LogP contribution is 2.33. The van der Waals surface area contributed by atoms with Crippen molar-refractivity contribution in [2.45, 2.75) is 343 Å². The number of carbonyl (C=O) groups is 1. The van der Waals surface area contributed by atoms with Gasteiger partial charge in [-0.1, -0.05) is 235 Å². The van der Waals surface area contributed by atoms with Gasteiger partial charge in [0, 0.05) is 6.42 Å². The number of hydrogen-bond donors (Lipinski definition) is 12. The number of rotatable bonds is 52. The summed E-state index contributed by atoms with van der Waals surface area (Å²) >= 11 is 0. The van der Waals surface area contributed by atoms with E-state index in [-0.39, 0.29) is 18.9 Å². The summed E-state index contributed by atoms with van der Waals surface area (Å²) in [6.07, 6.45) is 34.8. The summed E-state index contributed by atoms with van der Waals surface area (Å²) in [5, 5.41) is 121. The van der Waals surface area contributed by atoms with Crippen LogP contribution in [0, 0.1) is 0 Å². The molecule has 3 aliphatic heterocycles. The first-order valence-electron chi connectivity index (χ1n) is 34.5. The number of allylic oxidation sites excluding steroid dienone is 9. The maximum Gasteiger partial charge on any atom is 0.220 e. The van der Waals surface area contributed by atoms with E-state index in [1.807, 2.05) is 6.08 Å². The molecule has 0 saturated carbocycles. The second kappa shape index (κ2) is 51.0. The lowest BCUT2D eigenvalue weighted by Gasteiger charge is -2.48. The van der Waals surface area contributed by atoms with E-state index in [2.05, 4.69) is 67.8 Å². The van der Waals surface area contributed by atoms with Crippen LogP contribution in [0.4, 0.5) is 0 Å². The largest absolute Gasteiger partial charge is 0.394 e. The van der Waals surface area contributed by atoms with E-state index in [4.69, 9.17) is 28.4 Å². The molecule has 0 aliphatic carbocycles. The summed E-state index contributed by atoms with van der Waals surface area (Å²) in [5.74, 6) is -0.290. The van der Waals surface area contributed by atoms with Crippen LogP contribution in [-0.4, -0.2) is 193 Å². The fraction of sp³-hybridized carbons (Fsp3) is 0.841. The molecule has 17 unspecified atom stereocenters. The minimum atomic E-state index is -1.98. The Bertz CT molecular complexity index is 1830. The summed E-state index contributed by atoms with van der Waals surface area (Å²) in [6.45, 7) is 1.62. The van der Waals surface area contributed by atoms with Gasteiger partial charge in [0.2, 0.25) is 5.91 Å². The minimum absolute atomic E-state index is 0.225. The molecule has 19 heteroatoms. The van der Waals surface area contributed by atoms with Gasteiger partial charge >= 0.3 is 0 Å². The van der Waals surface area contributed by atoms with E-state index >= 15 is 0 Å². The Kier molecular flexibility index (Phi) is 46.2. The molecule has 0 aromatic carbocycles. The van der Waals surface area contributed by atoms with Gasteiger partial charge in [-0.25, -0.2) is 0 Å². The molecule has 3 rings (SSSR count). The lowest BCUT2D eigenvalue weighted by atomic mass is 9.96. The number of aliphatic hydroxyl groups excluding tert-OH is 11. The van der Waals surface area contributed by atoms with E-state index in [1.54, 1.807) is 6.08 Å². The first-order valence-corrected chi connectivity index (χ1v) is 34.5. The number of carbonyl (C=O) groups excluding carboxylic acids is 1. The highest BCUT2D eigenvalue weighted by Gasteiger charge is 2.53. The van der Waals surface area contributed by atoms with Gasteiger partial charge in [0.1, 0.15) is 73.2 Å². The Morgan fingerprint density at radius 3 is 1.23 bits per heavy atom. The molecule has 512 valence electrons. The normalized spacial score (nSPS) is 28.8. The van der Waals surface area contributed by atoms with Gasteiger partial charge in [0.25, 0.3) is 0 Å². The fourth-order valence-electron chi connectivity index (χ4n) is 11.5. The maximum atomic E-state index is 13.4. The van der Waals surface area contributed by atoms with Crippen molar-refractivity contribution in [3.63, 3.8) is 0 Å². The number of hydrogen-bond acceptors (Lipinski definition) is 18. The molecule has 0 aromatic heterocycles. The smallest absolute Gasteiger partial charge is 0.220 e. The molecule has 0 radical (unpaired) electrons. The van der Waals surface area contributed by atoms with Crippen LogP contribution in [0.3, 0.4) is 0 Å². The lowest BCUT2D eigenvalue weighted by Crippen LogP contribution is -2.66. The van der Waals surface area contributed by atoms with Crippen LogP contribution < -0.4 is 5.32 Å². The Balaban J connectivity index is 1.45. The Morgan fingerprint density at radius 2 is 0.784 bits per heavy atom. The molecule has 3 heterocycles. The highest BCUT2D eigenvalue weighted by molar-refractivity contribution is 5.76. The van der Waals surface area contributed by atoms with Crippen LogP contribution in [-0.2, 0) is 33.2 Å². The lowest BCUT2D eigenvalue weighted by molar-refractivity contribution is -0.379. The summed E-state index contributed by atoms with van der Waals surface area (Å²) in [5.41, 5.74) is 0. The third kappa shape index (κ3) is 32.9. The van der Waals surface area contributed by atoms with Crippen LogP contribution >= 0.6 is 0 Å². The van der Waals surface area contributed by atoms with Gasteiger partial charge in [0.05, 0.1) is 38.6 Å². The van der Waals surface area contributed by atoms with E-state index in [0.29, 0.717) is 6.42 Å². The Labute approximate surface area is 528 Å². The summed E-state index contributed by atoms with van der Waals surface area (Å²) in [6, 6.07) is -0.984. The van der Waals surface area contributed by atoms with Crippen molar-refractivity contribution >= 4 is 5.91 Å². The van der Waals surface area contributed by atoms with Crippen molar-refractivity contribution in [3.8, 4) is 0 Å². The van der Waals surface area contributed by atoms with Crippen LogP contribution in [0.5, 0.6) is 0 Å². The quantitative estimate of drug-likeness (QED) is 0.0200. The molecule has 19 nitrogen and oxygen atoms in total. The Hall–Kier alpha value is -2.51. The van der Waals surface area contributed by atoms with Gasteiger partial charge in [-0.3, -0.25) is 4.79 Å². The van der Waals surface area contributed by atoms with Crippen LogP contribution in [0.2, 0.25) is 0 Å². The average Bonchev–Trinajstić information content (AvgIpc) is 3.71. The van der Waals surface area contributed by atoms with E-state index in [1.165, 1.54) is 122 Å². The molecule has 3 fully saturated rings. The molecule has 0 aromatic rings. The molecule has 12 N–H and O–H groups in total. The SMILES string of the molecule is CC/C=C\C/C=C\C/C=C\C/C=C\CCCCCCCCC(=O)NC(COC1OC(CO)C(OC2OC(CO)C(OC3OC(CO)C(O)C(O)C3O)C(O)C2O)C(O)C1O)C(O)/C=C/CCCCCCCCCCCCCCCCCCCCCCCC. The van der Waals surface area contributed by atoms with Gasteiger partial charge in [0.15, 0.2) is 18.9 Å². The van der Waals surface area contributed by atoms with Crippen molar-refractivity contribution in [2.24, 2.45) is 0 Å². The molecule has 0 bridgehead atoms. The second-order valence-corrected chi connectivity index (χ2v) is 24.6. The second-order valence-electron chi connectivity index (χ2n) is 24.6. The first-order chi connectivity index (χ1) is 42.8. The number of amides is 1. The van der Waals surface area contributed by atoms with Gasteiger partial charge in [-0.15, -0.1) is 0 Å². The molecular formula is C69H123NO18. The topological polar surface area (TPSA) is 307 Å². The maximum absolute atomic E-state index is 13.4. The third-order valence-corrected chi connectivity index (χ3v) is 17.1. The molecule has 3 aliphatic rings. The number of nitrogens with one attached hydrogen (secondary N) is 1. The number of ether oxygens (including phenoxy) is 6. The minimum Gasteiger partial charge on any atom is -0.394 e. The van der Waals surface area contributed by atoms with Crippen LogP contribution in [0.1, 0.15) is 239 Å². The third-order valence-electron chi connectivity index (χ3n) is 17.1. The molecular weight excluding hydrogens is 1130 g/mol. The zero-order valence-electron chi connectivity index (χ0n) is 53.9. The summed E-state index contributed by atoms with van der Waals surface area (Å²) < 4.78 is 34.3. The number of unbranched alkanes of at least 4 members (excludes halogenated alkanes) is 28. The first kappa shape index (κ1) is 79.7. The van der Waals surface area contributed by atoms with Crippen LogP contribution in [0.15, 0.2) is 60.8 Å². The monoisotopic (exact) mass is 1250 g/mol. The molecule has 3 saturated heterocycles. The van der Waals surface area contributed by atoms with E-state index in [0.717, 1.165) is 89.9 Å². The average molecular weight is 1250 g/mol. The van der Waals surface area contributed by atoms with Crippen molar-refractivity contribution in [2.75, 3.05) is 26.4 Å². The fourth-order valence-corrected chi connectivity index (χ4v) is 11.5. The molecule has 1 amide bonds. The van der Waals surface area contributed by atoms with E-state index < -0.39 is 124 Å². The van der Waals surface area contributed by atoms with Crippen molar-refractivity contribution in [3.05, 3.63) is 60.8 Å². The molecule has 17 atom stereocenters. The Morgan fingerprint density at radius 1 is 0.420 bits per heavy atom. The number of aliphatic hydroxyl groups is 11. The zero-order valence-corrected chi connectivity index (χ0v) is 53.9. The molecule has 88 heavy (non-hydrogen) atoms. The zero-order chi connectivity index (χ0) is 64.0. The van der Waals surface area contributed by atoms with Gasteiger partial charge in [-0.2, -0.15) is 0 Å². The van der Waals surface area contributed by atoms with E-state index in [9.17, 15) is 61.0 Å². The van der Waals surface area contributed by atoms with Gasteiger partial charge in [-0.05, 0) is 57.8 Å². The van der Waals surface area contributed by atoms with Crippen molar-refractivity contribution in [1.82, 2.24) is 5.32 Å². The predicted octanol–water partition coefficient (Wildman–Crippen LogP) is 8.77. The van der Waals surface area contributed by atoms with Gasteiger partial charge < -0.3 is 89.9 Å². The standard InChI is InChI=1S/C69H123NO18/c1-3-5-7-9-11-13-15-17-19-21-23-24-25-26-27-29-30-32-34-36-38-40-42-44-46-53(74)52(70-57(75)47-45-43-41-39-37-35-33-31-28-22-20-18-16-14-12-10-8-6-4-2)51-83-67-63(81)60(78)65(55(49-72)85-67)88-69-64(82)61(79)66(56(50-73)86-69)87-68-62(80)59(77)58(76)54(48-71)84-68/h6,8,12,14,18,20,28,31,44,46,52-56,58-69,71-74,76-82H,3-5,7,9-11,13,15-17,19,21-27,29-30,32-43,45,47-51H2,1-2H3,(H,70,75)/b8-6-,14-12-,20-18-,31-28-,46-44+. The van der Waals surface area contributed by atoms with Crippen LogP contribution in [0.25, 0.3) is 0 Å². The highest BCUT2D eigenvalue weighted by atomic mass is 16.8. The van der Waals surface area contributed by atoms with Crippen molar-refractivity contribution < 1.29 is 89.4 Å². The predicted molar refractivity (Wildman–Crippen MR) is 342 cm³/mol. The van der Waals surface area contributed by atoms with Crippen molar-refractivity contribution in [1.29, 1.82) is 0 Å². The molecule has 0 spiro atoms. The summed E-state index contributed by atoms with van der Waals surface area (Å²) in [4.78, 5) is 13.4. The summed E-state index contributed by atoms with van der Waals surface area (Å²) in [7, 11) is 0.